The Morgan fingerprint density at radius 2 is 1.79 bits per heavy atom. The molecule has 0 radical (unpaired) electrons. The van der Waals surface area contributed by atoms with Crippen LogP contribution in [0.15, 0.2) is 65.3 Å². The molecule has 0 aliphatic rings. The Labute approximate surface area is 205 Å². The molecule has 0 saturated heterocycles. The molecule has 0 unspecified atom stereocenters. The molecule has 174 valence electrons. The molecule has 4 rings (SSSR count). The fourth-order valence-corrected chi connectivity index (χ4v) is 4.38. The minimum absolute atomic E-state index is 0.221. The van der Waals surface area contributed by atoms with Crippen molar-refractivity contribution in [2.24, 2.45) is 0 Å². The van der Waals surface area contributed by atoms with Crippen molar-refractivity contribution in [3.05, 3.63) is 88.1 Å². The van der Waals surface area contributed by atoms with Gasteiger partial charge in [-0.05, 0) is 81.7 Å². The highest BCUT2D eigenvalue weighted by Gasteiger charge is 2.20. The van der Waals surface area contributed by atoms with Crippen LogP contribution in [0.2, 0.25) is 5.02 Å². The number of allylic oxidation sites excluding steroid dienone is 1. The summed E-state index contributed by atoms with van der Waals surface area (Å²) < 4.78 is 12.0. The lowest BCUT2D eigenvalue weighted by Crippen LogP contribution is -2.08. The third-order valence-corrected chi connectivity index (χ3v) is 6.14. The summed E-state index contributed by atoms with van der Waals surface area (Å²) in [5.41, 5.74) is 8.61. The molecule has 1 heterocycles. The zero-order valence-electron chi connectivity index (χ0n) is 20.1. The number of hydrogen-bond acceptors (Lipinski definition) is 3. The number of halogens is 1. The van der Waals surface area contributed by atoms with Gasteiger partial charge in [0.25, 0.3) is 0 Å². The fourth-order valence-electron chi connectivity index (χ4n) is 4.25. The van der Waals surface area contributed by atoms with Gasteiger partial charge in [-0.1, -0.05) is 35.4 Å². The Morgan fingerprint density at radius 1 is 1.06 bits per heavy atom. The third kappa shape index (κ3) is 4.73. The van der Waals surface area contributed by atoms with Gasteiger partial charge in [-0.15, -0.1) is 0 Å². The van der Waals surface area contributed by atoms with E-state index in [1.165, 1.54) is 11.1 Å². The van der Waals surface area contributed by atoms with Crippen molar-refractivity contribution in [3.8, 4) is 16.9 Å². The number of carbonyl (C=O) groups excluding carboxylic acids is 1. The minimum Gasteiger partial charge on any atom is -0.493 e. The summed E-state index contributed by atoms with van der Waals surface area (Å²) in [5.74, 6) is 0.506. The summed E-state index contributed by atoms with van der Waals surface area (Å²) in [6.45, 7) is 10.6. The molecule has 1 amide bonds. The molecule has 0 spiro atoms. The molecule has 34 heavy (non-hydrogen) atoms. The van der Waals surface area contributed by atoms with Gasteiger partial charge in [-0.2, -0.15) is 0 Å². The van der Waals surface area contributed by atoms with E-state index < -0.39 is 0 Å². The maximum Gasteiger partial charge on any atom is 0.248 e. The SMILES string of the molecule is CCOc1c(/C(C)=C/C(=O)Nc2ccc(Cl)cc2)cc2c(-c3ccc(C)cc3C)coc2c1C. The van der Waals surface area contributed by atoms with Crippen LogP contribution < -0.4 is 10.1 Å². The lowest BCUT2D eigenvalue weighted by atomic mass is 9.94. The Morgan fingerprint density at radius 3 is 2.47 bits per heavy atom. The summed E-state index contributed by atoms with van der Waals surface area (Å²) in [6.07, 6.45) is 3.40. The molecule has 3 aromatic carbocycles. The van der Waals surface area contributed by atoms with Crippen LogP contribution in [0.25, 0.3) is 27.7 Å². The number of aryl methyl sites for hydroxylation is 3. The monoisotopic (exact) mass is 473 g/mol. The first kappa shape index (κ1) is 23.7. The highest BCUT2D eigenvalue weighted by Crippen LogP contribution is 2.41. The van der Waals surface area contributed by atoms with Crippen LogP contribution >= 0.6 is 11.6 Å². The van der Waals surface area contributed by atoms with Gasteiger partial charge in [0.2, 0.25) is 5.91 Å². The van der Waals surface area contributed by atoms with Gasteiger partial charge in [-0.25, -0.2) is 0 Å². The largest absolute Gasteiger partial charge is 0.493 e. The molecule has 0 aliphatic heterocycles. The molecule has 5 heteroatoms. The first-order chi connectivity index (χ1) is 16.3. The van der Waals surface area contributed by atoms with Crippen LogP contribution in [-0.2, 0) is 4.79 Å². The quantitative estimate of drug-likeness (QED) is 0.287. The maximum absolute atomic E-state index is 12.7. The molecular formula is C29H28ClNO3. The van der Waals surface area contributed by atoms with E-state index in [1.54, 1.807) is 36.6 Å². The average molecular weight is 474 g/mol. The number of nitrogens with one attached hydrogen (secondary N) is 1. The number of benzene rings is 3. The van der Waals surface area contributed by atoms with Crippen molar-refractivity contribution >= 4 is 39.7 Å². The summed E-state index contributed by atoms with van der Waals surface area (Å²) in [4.78, 5) is 12.7. The van der Waals surface area contributed by atoms with E-state index >= 15 is 0 Å². The van der Waals surface area contributed by atoms with Gasteiger partial charge in [0.1, 0.15) is 11.3 Å². The van der Waals surface area contributed by atoms with Crippen molar-refractivity contribution in [3.63, 3.8) is 0 Å². The molecule has 0 saturated carbocycles. The van der Waals surface area contributed by atoms with E-state index in [4.69, 9.17) is 20.8 Å². The first-order valence-electron chi connectivity index (χ1n) is 11.3. The third-order valence-electron chi connectivity index (χ3n) is 5.89. The van der Waals surface area contributed by atoms with Gasteiger partial charge >= 0.3 is 0 Å². The Hall–Kier alpha value is -3.50. The maximum atomic E-state index is 12.7. The molecule has 4 nitrogen and oxygen atoms in total. The van der Waals surface area contributed by atoms with Crippen LogP contribution in [-0.4, -0.2) is 12.5 Å². The van der Waals surface area contributed by atoms with Gasteiger partial charge in [0.05, 0.1) is 12.9 Å². The summed E-state index contributed by atoms with van der Waals surface area (Å²) >= 11 is 5.94. The van der Waals surface area contributed by atoms with Crippen molar-refractivity contribution in [2.45, 2.75) is 34.6 Å². The molecule has 0 atom stereocenters. The molecular weight excluding hydrogens is 446 g/mol. The van der Waals surface area contributed by atoms with E-state index in [9.17, 15) is 4.79 Å². The van der Waals surface area contributed by atoms with Crippen LogP contribution in [0, 0.1) is 20.8 Å². The van der Waals surface area contributed by atoms with Crippen molar-refractivity contribution in [2.75, 3.05) is 11.9 Å². The van der Waals surface area contributed by atoms with Crippen LogP contribution in [0.4, 0.5) is 5.69 Å². The second-order valence-electron chi connectivity index (χ2n) is 8.48. The lowest BCUT2D eigenvalue weighted by molar-refractivity contribution is -0.111. The Kier molecular flexibility index (Phi) is 6.80. The molecule has 0 bridgehead atoms. The standard InChI is InChI=1S/C29H28ClNO3/c1-6-33-28-20(5)29-25(26(16-34-29)23-12-7-17(2)13-18(23)3)15-24(28)19(4)14-27(32)31-22-10-8-21(30)9-11-22/h7-16H,6H2,1-5H3,(H,31,32)/b19-14+. The lowest BCUT2D eigenvalue weighted by Gasteiger charge is -2.15. The number of amides is 1. The molecule has 1 aromatic heterocycles. The second kappa shape index (κ2) is 9.78. The summed E-state index contributed by atoms with van der Waals surface area (Å²) in [6, 6.07) is 15.5. The zero-order valence-corrected chi connectivity index (χ0v) is 20.8. The summed E-state index contributed by atoms with van der Waals surface area (Å²) in [7, 11) is 0. The highest BCUT2D eigenvalue weighted by atomic mass is 35.5. The summed E-state index contributed by atoms with van der Waals surface area (Å²) in [5, 5.41) is 4.50. The molecule has 0 aliphatic carbocycles. The average Bonchev–Trinajstić information content (AvgIpc) is 3.21. The predicted octanol–water partition coefficient (Wildman–Crippen LogP) is 8.12. The van der Waals surface area contributed by atoms with E-state index in [2.05, 4.69) is 43.4 Å². The zero-order chi connectivity index (χ0) is 24.4. The van der Waals surface area contributed by atoms with E-state index in [1.807, 2.05) is 20.8 Å². The number of rotatable bonds is 6. The van der Waals surface area contributed by atoms with Gasteiger partial charge in [-0.3, -0.25) is 4.79 Å². The van der Waals surface area contributed by atoms with Crippen molar-refractivity contribution in [1.29, 1.82) is 0 Å². The Balaban J connectivity index is 1.79. The van der Waals surface area contributed by atoms with Crippen molar-refractivity contribution < 1.29 is 13.9 Å². The molecule has 1 N–H and O–H groups in total. The number of anilines is 1. The number of fused-ring (bicyclic) bond motifs is 1. The molecule has 4 aromatic rings. The second-order valence-corrected chi connectivity index (χ2v) is 8.92. The number of hydrogen-bond donors (Lipinski definition) is 1. The number of furan rings is 1. The van der Waals surface area contributed by atoms with Crippen LogP contribution in [0.5, 0.6) is 5.75 Å². The van der Waals surface area contributed by atoms with Gasteiger partial charge in [0.15, 0.2) is 0 Å². The van der Waals surface area contributed by atoms with Gasteiger partial charge in [0, 0.05) is 38.9 Å². The highest BCUT2D eigenvalue weighted by molar-refractivity contribution is 6.30. The minimum atomic E-state index is -0.221. The van der Waals surface area contributed by atoms with Gasteiger partial charge < -0.3 is 14.5 Å². The van der Waals surface area contributed by atoms with E-state index in [-0.39, 0.29) is 5.91 Å². The van der Waals surface area contributed by atoms with Crippen LogP contribution in [0.1, 0.15) is 36.1 Å². The first-order valence-corrected chi connectivity index (χ1v) is 11.7. The van der Waals surface area contributed by atoms with E-state index in [0.717, 1.165) is 44.5 Å². The topological polar surface area (TPSA) is 51.5 Å². The van der Waals surface area contributed by atoms with Crippen molar-refractivity contribution in [1.82, 2.24) is 0 Å². The van der Waals surface area contributed by atoms with Crippen LogP contribution in [0.3, 0.4) is 0 Å². The smallest absolute Gasteiger partial charge is 0.248 e. The number of carbonyl (C=O) groups is 1. The molecule has 0 fully saturated rings. The predicted molar refractivity (Wildman–Crippen MR) is 141 cm³/mol. The van der Waals surface area contributed by atoms with E-state index in [0.29, 0.717) is 17.3 Å². The normalized spacial score (nSPS) is 11.6. The fraction of sp³-hybridized carbons (Fsp3) is 0.207. The number of ether oxygens (including phenoxy) is 1. The Bertz CT molecular complexity index is 1400.